The normalized spacial score (nSPS) is 20.2. The highest BCUT2D eigenvalue weighted by Gasteiger charge is 2.34. The topological polar surface area (TPSA) is 91.2 Å². The van der Waals surface area contributed by atoms with Crippen LogP contribution in [0, 0.1) is 5.92 Å². The number of nitrogens with two attached hydrogens (primary N) is 1. The third kappa shape index (κ3) is 4.60. The van der Waals surface area contributed by atoms with Crippen molar-refractivity contribution in [1.29, 1.82) is 0 Å². The van der Waals surface area contributed by atoms with Crippen molar-refractivity contribution >= 4 is 28.0 Å². The molecule has 1 aliphatic heterocycles. The van der Waals surface area contributed by atoms with Crippen molar-refractivity contribution in [3.05, 3.63) is 41.6 Å². The summed E-state index contributed by atoms with van der Waals surface area (Å²) >= 11 is 0. The number of imidazole rings is 1. The number of hydrogen-bond donors (Lipinski definition) is 1. The molecule has 1 amide bonds. The number of rotatable bonds is 5. The van der Waals surface area contributed by atoms with Gasteiger partial charge in [-0.2, -0.15) is 13.2 Å². The van der Waals surface area contributed by atoms with Gasteiger partial charge in [-0.15, -0.1) is 0 Å². The maximum atomic E-state index is 14.1. The van der Waals surface area contributed by atoms with Crippen molar-refractivity contribution in [3.63, 3.8) is 0 Å². The molecule has 206 valence electrons. The largest absolute Gasteiger partial charge is 0.494 e. The second kappa shape index (κ2) is 9.22. The Balaban J connectivity index is 1.48. The number of carbonyl (C=O) groups excluding carboxylic acids is 1. The molecule has 12 heteroatoms. The van der Waals surface area contributed by atoms with E-state index in [1.807, 2.05) is 0 Å². The lowest BCUT2D eigenvalue weighted by atomic mass is 10.0. The molecule has 8 nitrogen and oxygen atoms in total. The first-order valence-electron chi connectivity index (χ1n) is 12.8. The number of likely N-dealkylation sites (tertiary alicyclic amines) is 1. The molecule has 2 aliphatic rings. The number of alkyl halides is 4. The first-order chi connectivity index (χ1) is 18.5. The van der Waals surface area contributed by atoms with Gasteiger partial charge in [-0.25, -0.2) is 14.4 Å². The molecular weight excluding hydrogens is 516 g/mol. The maximum Gasteiger partial charge on any atom is 0.433 e. The van der Waals surface area contributed by atoms with Crippen LogP contribution in [-0.4, -0.2) is 62.3 Å². The molecule has 0 unspecified atom stereocenters. The van der Waals surface area contributed by atoms with E-state index in [-0.39, 0.29) is 31.1 Å². The van der Waals surface area contributed by atoms with Gasteiger partial charge in [0.05, 0.1) is 24.9 Å². The van der Waals surface area contributed by atoms with E-state index in [1.54, 1.807) is 34.4 Å². The van der Waals surface area contributed by atoms with Crippen LogP contribution in [0.4, 0.5) is 17.6 Å². The molecule has 4 aromatic rings. The SMILES string of the molecule is COc1cc(C(=O)N2C[C@H](N)C[C@@H](F)C2)cc2nc(-c3cc4ccc(C(F)(F)F)nc4n3CC3CC3)n(C)c12. The second-order valence-electron chi connectivity index (χ2n) is 10.5. The van der Waals surface area contributed by atoms with Crippen LogP contribution in [0.25, 0.3) is 33.6 Å². The van der Waals surface area contributed by atoms with Gasteiger partial charge in [0.15, 0.2) is 5.82 Å². The lowest BCUT2D eigenvalue weighted by Gasteiger charge is -2.33. The Morgan fingerprint density at radius 1 is 1.15 bits per heavy atom. The van der Waals surface area contributed by atoms with Gasteiger partial charge in [-0.05, 0) is 55.5 Å². The summed E-state index contributed by atoms with van der Waals surface area (Å²) in [4.78, 5) is 23.5. The summed E-state index contributed by atoms with van der Waals surface area (Å²) < 4.78 is 63.7. The highest BCUT2D eigenvalue weighted by Crippen LogP contribution is 2.38. The number of halogens is 4. The van der Waals surface area contributed by atoms with Gasteiger partial charge < -0.3 is 24.5 Å². The van der Waals surface area contributed by atoms with Crippen molar-refractivity contribution < 1.29 is 27.1 Å². The van der Waals surface area contributed by atoms with Gasteiger partial charge in [-0.3, -0.25) is 4.79 Å². The van der Waals surface area contributed by atoms with E-state index < -0.39 is 24.1 Å². The highest BCUT2D eigenvalue weighted by molar-refractivity contribution is 6.00. The lowest BCUT2D eigenvalue weighted by molar-refractivity contribution is -0.141. The zero-order chi connectivity index (χ0) is 27.6. The number of nitrogens with zero attached hydrogens (tertiary/aromatic N) is 5. The molecule has 1 aliphatic carbocycles. The Morgan fingerprint density at radius 2 is 1.92 bits per heavy atom. The molecule has 1 saturated carbocycles. The predicted molar refractivity (Wildman–Crippen MR) is 137 cm³/mol. The fraction of sp³-hybridized carbons (Fsp3) is 0.444. The molecule has 2 N–H and O–H groups in total. The van der Waals surface area contributed by atoms with Crippen molar-refractivity contribution in [2.75, 3.05) is 20.2 Å². The zero-order valence-electron chi connectivity index (χ0n) is 21.5. The van der Waals surface area contributed by atoms with Crippen LogP contribution in [0.15, 0.2) is 30.3 Å². The van der Waals surface area contributed by atoms with Crippen LogP contribution < -0.4 is 10.5 Å². The third-order valence-corrected chi connectivity index (χ3v) is 7.52. The quantitative estimate of drug-likeness (QED) is 0.373. The smallest absolute Gasteiger partial charge is 0.433 e. The summed E-state index contributed by atoms with van der Waals surface area (Å²) in [6.45, 7) is 0.743. The molecule has 39 heavy (non-hydrogen) atoms. The van der Waals surface area contributed by atoms with Gasteiger partial charge in [0.1, 0.15) is 28.8 Å². The molecule has 2 atom stereocenters. The van der Waals surface area contributed by atoms with Crippen molar-refractivity contribution in [2.24, 2.45) is 18.7 Å². The summed E-state index contributed by atoms with van der Waals surface area (Å²) in [7, 11) is 3.27. The molecule has 0 bridgehead atoms. The van der Waals surface area contributed by atoms with Gasteiger partial charge in [0.2, 0.25) is 0 Å². The number of methoxy groups -OCH3 is 1. The number of pyridine rings is 1. The summed E-state index contributed by atoms with van der Waals surface area (Å²) in [6, 6.07) is 6.99. The average Bonchev–Trinajstić information content (AvgIpc) is 3.55. The minimum absolute atomic E-state index is 0.0332. The number of benzene rings is 1. The standard InChI is InChI=1S/C27H28F4N6O2/c1-35-23-19(7-16(9-21(23)39-2)26(38)36-12-17(28)10-18(32)13-36)33-25(35)20-8-15-5-6-22(27(29,30)31)34-24(15)37(20)11-14-3-4-14/h5-9,14,17-18H,3-4,10-13,32H2,1-2H3/t17-,18-/m1/s1. The number of aromatic nitrogens is 4. The average molecular weight is 545 g/mol. The number of amides is 1. The molecule has 4 heterocycles. The van der Waals surface area contributed by atoms with Crippen LogP contribution >= 0.6 is 0 Å². The molecular formula is C27H28F4N6O2. The van der Waals surface area contributed by atoms with E-state index in [0.29, 0.717) is 51.7 Å². The first-order valence-corrected chi connectivity index (χ1v) is 12.8. The number of hydrogen-bond acceptors (Lipinski definition) is 5. The summed E-state index contributed by atoms with van der Waals surface area (Å²) in [6.07, 6.45) is -3.54. The Kier molecular flexibility index (Phi) is 6.05. The van der Waals surface area contributed by atoms with Gasteiger partial charge >= 0.3 is 6.18 Å². The van der Waals surface area contributed by atoms with Crippen molar-refractivity contribution in [3.8, 4) is 17.3 Å². The fourth-order valence-electron chi connectivity index (χ4n) is 5.46. The molecule has 0 spiro atoms. The number of fused-ring (bicyclic) bond motifs is 2. The van der Waals surface area contributed by atoms with E-state index in [0.717, 1.165) is 18.9 Å². The van der Waals surface area contributed by atoms with Crippen LogP contribution in [0.5, 0.6) is 5.75 Å². The number of aryl methyl sites for hydroxylation is 1. The summed E-state index contributed by atoms with van der Waals surface area (Å²) in [5.74, 6) is 0.896. The van der Waals surface area contributed by atoms with E-state index in [4.69, 9.17) is 15.5 Å². The van der Waals surface area contributed by atoms with E-state index in [2.05, 4.69) is 4.98 Å². The van der Waals surface area contributed by atoms with E-state index in [1.165, 1.54) is 18.1 Å². The van der Waals surface area contributed by atoms with Gasteiger partial charge in [0.25, 0.3) is 5.91 Å². The molecule has 6 rings (SSSR count). The van der Waals surface area contributed by atoms with Gasteiger partial charge in [-0.1, -0.05) is 0 Å². The van der Waals surface area contributed by atoms with Crippen LogP contribution in [0.2, 0.25) is 0 Å². The third-order valence-electron chi connectivity index (χ3n) is 7.52. The predicted octanol–water partition coefficient (Wildman–Crippen LogP) is 4.54. The number of carbonyl (C=O) groups is 1. The van der Waals surface area contributed by atoms with Crippen LogP contribution in [-0.2, 0) is 19.8 Å². The van der Waals surface area contributed by atoms with Crippen LogP contribution in [0.1, 0.15) is 35.3 Å². The fourth-order valence-corrected chi connectivity index (χ4v) is 5.46. The maximum absolute atomic E-state index is 14.1. The van der Waals surface area contributed by atoms with Crippen LogP contribution in [0.3, 0.4) is 0 Å². The Morgan fingerprint density at radius 3 is 2.59 bits per heavy atom. The number of ether oxygens (including phenoxy) is 1. The van der Waals surface area contributed by atoms with Crippen molar-refractivity contribution in [2.45, 2.75) is 44.2 Å². The second-order valence-corrected chi connectivity index (χ2v) is 10.5. The minimum atomic E-state index is -4.56. The zero-order valence-corrected chi connectivity index (χ0v) is 21.5. The summed E-state index contributed by atoms with van der Waals surface area (Å²) in [5.41, 5.74) is 7.26. The molecule has 2 fully saturated rings. The van der Waals surface area contributed by atoms with Crippen molar-refractivity contribution in [1.82, 2.24) is 24.0 Å². The highest BCUT2D eigenvalue weighted by atomic mass is 19.4. The number of piperidine rings is 1. The van der Waals surface area contributed by atoms with E-state index in [9.17, 15) is 22.4 Å². The molecule has 1 saturated heterocycles. The Bertz CT molecular complexity index is 1580. The van der Waals surface area contributed by atoms with Gasteiger partial charge in [0, 0.05) is 37.1 Å². The van der Waals surface area contributed by atoms with E-state index >= 15 is 0 Å². The molecule has 1 aromatic carbocycles. The Hall–Kier alpha value is -3.67. The molecule has 3 aromatic heterocycles. The first kappa shape index (κ1) is 25.6. The molecule has 0 radical (unpaired) electrons. The minimum Gasteiger partial charge on any atom is -0.494 e. The monoisotopic (exact) mass is 544 g/mol. The Labute approximate surface area is 221 Å². The lowest BCUT2D eigenvalue weighted by Crippen LogP contribution is -2.50. The summed E-state index contributed by atoms with van der Waals surface area (Å²) in [5, 5.41) is 0.579.